The molecule has 1 atom stereocenters. The van der Waals surface area contributed by atoms with Crippen molar-refractivity contribution in [1.29, 1.82) is 0 Å². The molecule has 2 aromatic carbocycles. The molecule has 0 fully saturated rings. The summed E-state index contributed by atoms with van der Waals surface area (Å²) in [5, 5.41) is 12.5. The number of hydrogen-bond acceptors (Lipinski definition) is 4. The minimum Gasteiger partial charge on any atom is -0.376 e. The van der Waals surface area contributed by atoms with Crippen molar-refractivity contribution < 1.29 is 5.11 Å². The van der Waals surface area contributed by atoms with E-state index in [0.29, 0.717) is 38.8 Å². The highest BCUT2D eigenvalue weighted by Gasteiger charge is 2.36. The Labute approximate surface area is 195 Å². The third kappa shape index (κ3) is 6.27. The summed E-state index contributed by atoms with van der Waals surface area (Å²) >= 11 is 12.3. The fourth-order valence-corrected chi connectivity index (χ4v) is 4.13. The summed E-state index contributed by atoms with van der Waals surface area (Å²) in [5.74, 6) is 0. The van der Waals surface area contributed by atoms with Gasteiger partial charge in [-0.05, 0) is 58.0 Å². The van der Waals surface area contributed by atoms with Crippen LogP contribution in [0.15, 0.2) is 67.3 Å². The fourth-order valence-electron chi connectivity index (χ4n) is 3.74. The average molecular weight is 460 g/mol. The summed E-state index contributed by atoms with van der Waals surface area (Å²) in [7, 11) is 0. The first-order valence-corrected chi connectivity index (χ1v) is 11.2. The molecule has 0 aliphatic carbocycles. The van der Waals surface area contributed by atoms with Crippen molar-refractivity contribution in [2.24, 2.45) is 0 Å². The lowest BCUT2D eigenvalue weighted by Crippen LogP contribution is -2.36. The van der Waals surface area contributed by atoms with Gasteiger partial charge >= 0.3 is 0 Å². The number of rotatable bonds is 6. The Kier molecular flexibility index (Phi) is 9.45. The van der Waals surface area contributed by atoms with Gasteiger partial charge in [-0.3, -0.25) is 4.90 Å². The molecule has 1 unspecified atom stereocenters. The van der Waals surface area contributed by atoms with E-state index in [1.165, 1.54) is 6.33 Å². The van der Waals surface area contributed by atoms with Crippen LogP contribution in [0.1, 0.15) is 51.3 Å². The van der Waals surface area contributed by atoms with Crippen LogP contribution in [0.3, 0.4) is 0 Å². The summed E-state index contributed by atoms with van der Waals surface area (Å²) in [6.07, 6.45) is 4.56. The molecule has 1 aromatic heterocycles. The normalized spacial score (nSPS) is 13.1. The molecule has 6 heteroatoms. The van der Waals surface area contributed by atoms with Crippen LogP contribution in [0.25, 0.3) is 0 Å². The number of aliphatic hydroxyl groups is 1. The zero-order valence-corrected chi connectivity index (χ0v) is 20.3. The molecule has 166 valence electrons. The molecular formula is C25H31Cl2N3O. The van der Waals surface area contributed by atoms with Crippen LogP contribution in [-0.2, 0) is 5.60 Å². The monoisotopic (exact) mass is 459 g/mol. The van der Waals surface area contributed by atoms with E-state index in [0.717, 1.165) is 6.54 Å². The van der Waals surface area contributed by atoms with E-state index in [1.54, 1.807) is 48.8 Å². The van der Waals surface area contributed by atoms with Crippen molar-refractivity contribution in [2.45, 2.75) is 52.3 Å². The second-order valence-corrected chi connectivity index (χ2v) is 8.69. The molecule has 0 radical (unpaired) electrons. The SMILES string of the molecule is CCN(C(C)C)C(C)C.OC(c1ccc(Cl)cc1)(c1cncnc1)c1ccccc1Cl. The standard InChI is InChI=1S/C17H12Cl2N2O.C8H19N/c18-14-7-5-12(6-8-14)17(22,13-9-20-11-21-10-13)15-3-1-2-4-16(15)19;1-6-9(7(2)3)8(4)5/h1-11,22H;7-8H,6H2,1-5H3. The maximum atomic E-state index is 11.5. The number of halogens is 2. The van der Waals surface area contributed by atoms with E-state index in [2.05, 4.69) is 49.5 Å². The number of hydrogen-bond donors (Lipinski definition) is 1. The molecule has 0 aliphatic rings. The fraction of sp³-hybridized carbons (Fsp3) is 0.360. The zero-order valence-electron chi connectivity index (χ0n) is 18.8. The predicted octanol–water partition coefficient (Wildman–Crippen LogP) is 6.19. The molecule has 0 amide bonds. The topological polar surface area (TPSA) is 49.2 Å². The summed E-state index contributed by atoms with van der Waals surface area (Å²) in [6.45, 7) is 12.3. The van der Waals surface area contributed by atoms with Crippen molar-refractivity contribution in [1.82, 2.24) is 14.9 Å². The molecule has 0 saturated heterocycles. The van der Waals surface area contributed by atoms with Gasteiger partial charge in [0.15, 0.2) is 0 Å². The first-order chi connectivity index (χ1) is 14.7. The van der Waals surface area contributed by atoms with Gasteiger partial charge in [0, 0.05) is 45.6 Å². The highest BCUT2D eigenvalue weighted by molar-refractivity contribution is 6.31. The first-order valence-electron chi connectivity index (χ1n) is 10.5. The predicted molar refractivity (Wildman–Crippen MR) is 130 cm³/mol. The maximum absolute atomic E-state index is 11.5. The zero-order chi connectivity index (χ0) is 23.0. The minimum atomic E-state index is -1.45. The average Bonchev–Trinajstić information content (AvgIpc) is 2.75. The third-order valence-corrected chi connectivity index (χ3v) is 5.78. The molecule has 3 aromatic rings. The van der Waals surface area contributed by atoms with Crippen molar-refractivity contribution in [3.8, 4) is 0 Å². The largest absolute Gasteiger partial charge is 0.376 e. The lowest BCUT2D eigenvalue weighted by Gasteiger charge is -2.30. The molecule has 1 N–H and O–H groups in total. The number of aromatic nitrogens is 2. The van der Waals surface area contributed by atoms with Crippen molar-refractivity contribution in [3.63, 3.8) is 0 Å². The second-order valence-electron chi connectivity index (χ2n) is 7.84. The van der Waals surface area contributed by atoms with Gasteiger partial charge < -0.3 is 5.11 Å². The Hall–Kier alpha value is -1.98. The van der Waals surface area contributed by atoms with Crippen LogP contribution in [0, 0.1) is 0 Å². The Balaban J connectivity index is 0.000000323. The van der Waals surface area contributed by atoms with Crippen LogP contribution < -0.4 is 0 Å². The van der Waals surface area contributed by atoms with Crippen molar-refractivity contribution in [2.75, 3.05) is 6.54 Å². The van der Waals surface area contributed by atoms with Gasteiger partial charge in [-0.2, -0.15) is 0 Å². The molecule has 3 rings (SSSR count). The minimum absolute atomic E-state index is 0.462. The Morgan fingerprint density at radius 1 is 0.871 bits per heavy atom. The van der Waals surface area contributed by atoms with Crippen LogP contribution in [0.5, 0.6) is 0 Å². The Morgan fingerprint density at radius 3 is 1.87 bits per heavy atom. The molecular weight excluding hydrogens is 429 g/mol. The van der Waals surface area contributed by atoms with Gasteiger partial charge in [0.25, 0.3) is 0 Å². The highest BCUT2D eigenvalue weighted by Crippen LogP contribution is 2.39. The molecule has 1 heterocycles. The number of nitrogens with zero attached hydrogens (tertiary/aromatic N) is 3. The van der Waals surface area contributed by atoms with Gasteiger partial charge in [0.05, 0.1) is 0 Å². The molecule has 4 nitrogen and oxygen atoms in total. The van der Waals surface area contributed by atoms with E-state index in [9.17, 15) is 5.11 Å². The number of benzene rings is 2. The molecule has 31 heavy (non-hydrogen) atoms. The van der Waals surface area contributed by atoms with Crippen LogP contribution in [0.4, 0.5) is 0 Å². The van der Waals surface area contributed by atoms with E-state index in [1.807, 2.05) is 12.1 Å². The quantitative estimate of drug-likeness (QED) is 0.476. The van der Waals surface area contributed by atoms with Gasteiger partial charge in [-0.1, -0.05) is 60.5 Å². The van der Waals surface area contributed by atoms with Gasteiger partial charge in [0.1, 0.15) is 11.9 Å². The summed E-state index contributed by atoms with van der Waals surface area (Å²) < 4.78 is 0. The Morgan fingerprint density at radius 2 is 1.42 bits per heavy atom. The Bertz CT molecular complexity index is 925. The lowest BCUT2D eigenvalue weighted by molar-refractivity contribution is 0.125. The van der Waals surface area contributed by atoms with Crippen LogP contribution in [-0.4, -0.2) is 38.6 Å². The summed E-state index contributed by atoms with van der Waals surface area (Å²) in [6, 6.07) is 15.5. The summed E-state index contributed by atoms with van der Waals surface area (Å²) in [5.41, 5.74) is 0.281. The van der Waals surface area contributed by atoms with Crippen LogP contribution >= 0.6 is 23.2 Å². The third-order valence-electron chi connectivity index (χ3n) is 5.20. The first kappa shape index (κ1) is 25.3. The van der Waals surface area contributed by atoms with Crippen molar-refractivity contribution >= 4 is 23.2 Å². The van der Waals surface area contributed by atoms with E-state index in [-0.39, 0.29) is 0 Å². The van der Waals surface area contributed by atoms with E-state index >= 15 is 0 Å². The van der Waals surface area contributed by atoms with E-state index in [4.69, 9.17) is 23.2 Å². The molecule has 0 saturated carbocycles. The summed E-state index contributed by atoms with van der Waals surface area (Å²) in [4.78, 5) is 10.5. The lowest BCUT2D eigenvalue weighted by atomic mass is 9.81. The smallest absolute Gasteiger partial charge is 0.144 e. The van der Waals surface area contributed by atoms with Crippen LogP contribution in [0.2, 0.25) is 10.0 Å². The second kappa shape index (κ2) is 11.6. The van der Waals surface area contributed by atoms with Crippen molar-refractivity contribution in [3.05, 3.63) is 94.0 Å². The van der Waals surface area contributed by atoms with E-state index < -0.39 is 5.60 Å². The maximum Gasteiger partial charge on any atom is 0.144 e. The van der Waals surface area contributed by atoms with Gasteiger partial charge in [0.2, 0.25) is 0 Å². The molecule has 0 spiro atoms. The highest BCUT2D eigenvalue weighted by atomic mass is 35.5. The molecule has 0 bridgehead atoms. The van der Waals surface area contributed by atoms with Gasteiger partial charge in [-0.25, -0.2) is 9.97 Å². The molecule has 0 aliphatic heterocycles. The van der Waals surface area contributed by atoms with Gasteiger partial charge in [-0.15, -0.1) is 0 Å².